The fourth-order valence-electron chi connectivity index (χ4n) is 1.88. The van der Waals surface area contributed by atoms with E-state index in [-0.39, 0.29) is 23.1 Å². The lowest BCUT2D eigenvalue weighted by molar-refractivity contribution is 0.0446. The van der Waals surface area contributed by atoms with Crippen LogP contribution in [0.2, 0.25) is 18.1 Å². The second-order valence-corrected chi connectivity index (χ2v) is 14.8. The minimum atomic E-state index is -1.91. The van der Waals surface area contributed by atoms with Gasteiger partial charge in [-0.2, -0.15) is 0 Å². The van der Waals surface area contributed by atoms with Crippen molar-refractivity contribution in [3.05, 3.63) is 0 Å². The Kier molecular flexibility index (Phi) is 7.99. The second kappa shape index (κ2) is 8.19. The van der Waals surface area contributed by atoms with E-state index < -0.39 is 20.0 Å². The summed E-state index contributed by atoms with van der Waals surface area (Å²) in [5.74, 6) is 0. The van der Waals surface area contributed by atoms with Crippen LogP contribution in [-0.4, -0.2) is 44.4 Å². The third kappa shape index (κ3) is 9.04. The first-order valence-corrected chi connectivity index (χ1v) is 11.6. The van der Waals surface area contributed by atoms with Crippen molar-refractivity contribution in [2.75, 3.05) is 13.2 Å². The van der Waals surface area contributed by atoms with Crippen molar-refractivity contribution in [2.24, 2.45) is 5.41 Å². The lowest BCUT2D eigenvalue weighted by Crippen LogP contribution is -2.48. The third-order valence-corrected chi connectivity index (χ3v) is 8.90. The van der Waals surface area contributed by atoms with E-state index in [2.05, 4.69) is 39.2 Å². The first kappa shape index (κ1) is 23.4. The number of amides is 1. The number of aliphatic hydroxyl groups excluding tert-OH is 1. The Balaban J connectivity index is 4.98. The van der Waals surface area contributed by atoms with Crippen LogP contribution in [-0.2, 0) is 9.16 Å². The molecule has 0 radical (unpaired) electrons. The van der Waals surface area contributed by atoms with Crippen LogP contribution in [0.3, 0.4) is 0 Å². The molecular formula is C18H39NO4Si. The summed E-state index contributed by atoms with van der Waals surface area (Å²) in [4.78, 5) is 12.1. The Hall–Kier alpha value is -0.593. The van der Waals surface area contributed by atoms with Gasteiger partial charge in [0, 0.05) is 6.61 Å². The SMILES string of the molecule is CC(C)(CO)C[C@@H](CO[Si](C)(C)C(C)(C)C)NC(=O)OC(C)(C)C. The first-order chi connectivity index (χ1) is 10.5. The number of carbonyl (C=O) groups excluding carboxylic acids is 1. The van der Waals surface area contributed by atoms with E-state index >= 15 is 0 Å². The van der Waals surface area contributed by atoms with Gasteiger partial charge >= 0.3 is 6.09 Å². The molecule has 0 bridgehead atoms. The van der Waals surface area contributed by atoms with Crippen LogP contribution >= 0.6 is 0 Å². The molecule has 1 amide bonds. The fraction of sp³-hybridized carbons (Fsp3) is 0.944. The van der Waals surface area contributed by atoms with Gasteiger partial charge in [-0.25, -0.2) is 4.79 Å². The molecule has 0 aliphatic carbocycles. The summed E-state index contributed by atoms with van der Waals surface area (Å²) in [6, 6.07) is -0.198. The van der Waals surface area contributed by atoms with Crippen LogP contribution in [0.1, 0.15) is 61.8 Å². The standard InChI is InChI=1S/C18H39NO4Si/c1-16(2,3)23-15(21)19-14(11-18(7,8)13-20)12-22-24(9,10)17(4,5)6/h14,20H,11-13H2,1-10H3,(H,19,21)/t14-/m0/s1. The van der Waals surface area contributed by atoms with Crippen molar-refractivity contribution >= 4 is 14.4 Å². The molecule has 6 heteroatoms. The molecule has 0 aliphatic rings. The molecule has 144 valence electrons. The number of ether oxygens (including phenoxy) is 1. The van der Waals surface area contributed by atoms with E-state index in [9.17, 15) is 9.90 Å². The van der Waals surface area contributed by atoms with Crippen molar-refractivity contribution in [3.63, 3.8) is 0 Å². The number of hydrogen-bond acceptors (Lipinski definition) is 4. The van der Waals surface area contributed by atoms with Crippen molar-refractivity contribution in [1.29, 1.82) is 0 Å². The minimum absolute atomic E-state index is 0.0551. The Morgan fingerprint density at radius 1 is 1.08 bits per heavy atom. The van der Waals surface area contributed by atoms with Crippen molar-refractivity contribution in [1.82, 2.24) is 5.32 Å². The number of alkyl carbamates (subject to hydrolysis) is 1. The predicted molar refractivity (Wildman–Crippen MR) is 102 cm³/mol. The van der Waals surface area contributed by atoms with Crippen LogP contribution in [0.4, 0.5) is 4.79 Å². The number of carbonyl (C=O) groups is 1. The van der Waals surface area contributed by atoms with E-state index in [0.717, 1.165) is 0 Å². The Morgan fingerprint density at radius 3 is 1.96 bits per heavy atom. The second-order valence-electron chi connectivity index (χ2n) is 9.94. The first-order valence-electron chi connectivity index (χ1n) is 8.73. The number of nitrogens with one attached hydrogen (secondary N) is 1. The highest BCUT2D eigenvalue weighted by Crippen LogP contribution is 2.36. The van der Waals surface area contributed by atoms with Crippen LogP contribution in [0.5, 0.6) is 0 Å². The van der Waals surface area contributed by atoms with Gasteiger partial charge in [-0.05, 0) is 50.7 Å². The maximum atomic E-state index is 12.1. The summed E-state index contributed by atoms with van der Waals surface area (Å²) in [5.41, 5.74) is -0.835. The van der Waals surface area contributed by atoms with Crippen LogP contribution < -0.4 is 5.32 Å². The molecule has 0 spiro atoms. The highest BCUT2D eigenvalue weighted by atomic mass is 28.4. The maximum absolute atomic E-state index is 12.1. The average Bonchev–Trinajstić information content (AvgIpc) is 2.32. The molecule has 0 saturated heterocycles. The Bertz CT molecular complexity index is 408. The highest BCUT2D eigenvalue weighted by molar-refractivity contribution is 6.74. The molecule has 2 N–H and O–H groups in total. The molecule has 0 aromatic rings. The van der Waals surface area contributed by atoms with Crippen molar-refractivity contribution in [3.8, 4) is 0 Å². The lowest BCUT2D eigenvalue weighted by Gasteiger charge is -2.38. The summed E-state index contributed by atoms with van der Waals surface area (Å²) in [5, 5.41) is 12.6. The molecule has 0 aromatic carbocycles. The molecule has 0 aromatic heterocycles. The van der Waals surface area contributed by atoms with Gasteiger partial charge in [0.2, 0.25) is 0 Å². The zero-order valence-corrected chi connectivity index (χ0v) is 18.4. The highest BCUT2D eigenvalue weighted by Gasteiger charge is 2.38. The maximum Gasteiger partial charge on any atom is 0.407 e. The minimum Gasteiger partial charge on any atom is -0.444 e. The summed E-state index contributed by atoms with van der Waals surface area (Å²) < 4.78 is 11.6. The molecule has 0 fully saturated rings. The molecule has 0 rings (SSSR count). The lowest BCUT2D eigenvalue weighted by atomic mass is 9.87. The van der Waals surface area contributed by atoms with Gasteiger partial charge in [0.05, 0.1) is 12.6 Å². The number of rotatable bonds is 7. The van der Waals surface area contributed by atoms with Gasteiger partial charge in [0.1, 0.15) is 5.60 Å². The van der Waals surface area contributed by atoms with Gasteiger partial charge in [0.15, 0.2) is 8.32 Å². The summed E-state index contributed by atoms with van der Waals surface area (Å²) in [6.45, 7) is 20.9. The number of hydrogen-bond donors (Lipinski definition) is 2. The Morgan fingerprint density at radius 2 is 1.58 bits per heavy atom. The molecule has 24 heavy (non-hydrogen) atoms. The summed E-state index contributed by atoms with van der Waals surface area (Å²) >= 11 is 0. The molecule has 0 saturated carbocycles. The molecule has 0 heterocycles. The van der Waals surface area contributed by atoms with Gasteiger partial charge in [-0.15, -0.1) is 0 Å². The largest absolute Gasteiger partial charge is 0.444 e. The normalized spacial score (nSPS) is 15.1. The topological polar surface area (TPSA) is 67.8 Å². The van der Waals surface area contributed by atoms with Crippen LogP contribution in [0.25, 0.3) is 0 Å². The van der Waals surface area contributed by atoms with Crippen LogP contribution in [0, 0.1) is 5.41 Å². The zero-order valence-electron chi connectivity index (χ0n) is 17.4. The molecular weight excluding hydrogens is 322 g/mol. The van der Waals surface area contributed by atoms with Gasteiger partial charge in [-0.3, -0.25) is 0 Å². The third-order valence-electron chi connectivity index (χ3n) is 4.40. The van der Waals surface area contributed by atoms with E-state index in [1.807, 2.05) is 34.6 Å². The van der Waals surface area contributed by atoms with Crippen molar-refractivity contribution < 1.29 is 19.1 Å². The molecule has 0 aliphatic heterocycles. The van der Waals surface area contributed by atoms with Crippen molar-refractivity contribution in [2.45, 2.75) is 91.6 Å². The molecule has 0 unspecified atom stereocenters. The Labute approximate surface area is 149 Å². The quantitative estimate of drug-likeness (QED) is 0.663. The molecule has 5 nitrogen and oxygen atoms in total. The van der Waals surface area contributed by atoms with Gasteiger partial charge in [0.25, 0.3) is 0 Å². The van der Waals surface area contributed by atoms with E-state index in [0.29, 0.717) is 13.0 Å². The average molecular weight is 362 g/mol. The molecule has 1 atom stereocenters. The van der Waals surface area contributed by atoms with Gasteiger partial charge < -0.3 is 19.6 Å². The smallest absolute Gasteiger partial charge is 0.407 e. The number of aliphatic hydroxyl groups is 1. The van der Waals surface area contributed by atoms with E-state index in [1.54, 1.807) is 0 Å². The fourth-order valence-corrected chi connectivity index (χ4v) is 2.93. The van der Waals surface area contributed by atoms with Crippen LogP contribution in [0.15, 0.2) is 0 Å². The zero-order chi connectivity index (χ0) is 19.4. The predicted octanol–water partition coefficient (Wildman–Crippen LogP) is 4.31. The summed E-state index contributed by atoms with van der Waals surface area (Å²) in [7, 11) is -1.91. The van der Waals surface area contributed by atoms with Gasteiger partial charge in [-0.1, -0.05) is 34.6 Å². The van der Waals surface area contributed by atoms with E-state index in [1.165, 1.54) is 0 Å². The summed E-state index contributed by atoms with van der Waals surface area (Å²) in [6.07, 6.45) is 0.178. The van der Waals surface area contributed by atoms with E-state index in [4.69, 9.17) is 9.16 Å². The monoisotopic (exact) mass is 361 g/mol.